The molecule has 0 radical (unpaired) electrons. The lowest BCUT2D eigenvalue weighted by atomic mass is 9.85. The number of hydrogen-bond donors (Lipinski definition) is 1. The van der Waals surface area contributed by atoms with Crippen molar-refractivity contribution in [2.45, 2.75) is 42.4 Å². The predicted molar refractivity (Wildman–Crippen MR) is 100 cm³/mol. The lowest BCUT2D eigenvalue weighted by Gasteiger charge is -2.44. The molecule has 0 bridgehead atoms. The van der Waals surface area contributed by atoms with E-state index < -0.39 is 28.6 Å². The molecule has 138 valence electrons. The summed E-state index contributed by atoms with van der Waals surface area (Å²) in [5.74, 6) is 0.816. The molecule has 2 heterocycles. The Balaban J connectivity index is 1.74. The Morgan fingerprint density at radius 2 is 1.92 bits per heavy atom. The number of aliphatic hydroxyl groups excluding tert-OH is 1. The summed E-state index contributed by atoms with van der Waals surface area (Å²) in [5.41, 5.74) is 0.253. The van der Waals surface area contributed by atoms with Crippen molar-refractivity contribution in [1.82, 2.24) is 5.16 Å². The fourth-order valence-electron chi connectivity index (χ4n) is 3.11. The van der Waals surface area contributed by atoms with Gasteiger partial charge < -0.3 is 19.1 Å². The highest BCUT2D eigenvalue weighted by Gasteiger charge is 2.48. The average molecular weight is 417 g/mol. The number of nitrogens with zero attached hydrogens (tertiary/aromatic N) is 1. The summed E-state index contributed by atoms with van der Waals surface area (Å²) >= 11 is 18.5. The third-order valence-electron chi connectivity index (χ3n) is 4.56. The van der Waals surface area contributed by atoms with Crippen molar-refractivity contribution in [3.63, 3.8) is 0 Å². The summed E-state index contributed by atoms with van der Waals surface area (Å²) in [4.78, 5) is 0. The number of alkyl halides is 2. The van der Waals surface area contributed by atoms with Crippen LogP contribution in [0.15, 0.2) is 46.2 Å². The lowest BCUT2D eigenvalue weighted by Crippen LogP contribution is -2.54. The van der Waals surface area contributed by atoms with Crippen LogP contribution in [0.1, 0.15) is 13.8 Å². The summed E-state index contributed by atoms with van der Waals surface area (Å²) in [6.45, 7) is 3.56. The van der Waals surface area contributed by atoms with Gasteiger partial charge in [0, 0.05) is 16.7 Å². The van der Waals surface area contributed by atoms with Gasteiger partial charge in [0.05, 0.1) is 16.1 Å². The number of fused-ring (bicyclic) bond motifs is 2. The second-order valence-electron chi connectivity index (χ2n) is 6.86. The molecule has 1 saturated heterocycles. The lowest BCUT2D eigenvalue weighted by molar-refractivity contribution is -0.125. The molecule has 26 heavy (non-hydrogen) atoms. The first-order valence-corrected chi connectivity index (χ1v) is 9.32. The topological polar surface area (TPSA) is 64.7 Å². The predicted octanol–water partition coefficient (Wildman–Crippen LogP) is 4.44. The molecule has 1 aromatic heterocycles. The Morgan fingerprint density at radius 1 is 1.19 bits per heavy atom. The van der Waals surface area contributed by atoms with Gasteiger partial charge in [-0.05, 0) is 37.2 Å². The van der Waals surface area contributed by atoms with Gasteiger partial charge in [-0.3, -0.25) is 0 Å². The SMILES string of the molecule is CC1(C)OC2=CC(Cl)C(Cl)C=C2[C@@H](Oc2noc3cc(Cl)ccc23)[C@@H]1O. The molecular weight excluding hydrogens is 401 g/mol. The number of allylic oxidation sites excluding steroid dienone is 2. The van der Waals surface area contributed by atoms with Crippen molar-refractivity contribution in [3.05, 3.63) is 46.7 Å². The number of benzene rings is 1. The minimum atomic E-state index is -0.958. The van der Waals surface area contributed by atoms with E-state index in [-0.39, 0.29) is 5.88 Å². The van der Waals surface area contributed by atoms with Gasteiger partial charge in [0.2, 0.25) is 0 Å². The Kier molecular flexibility index (Phi) is 4.39. The molecule has 0 saturated carbocycles. The summed E-state index contributed by atoms with van der Waals surface area (Å²) in [6.07, 6.45) is 1.79. The molecule has 1 fully saturated rings. The maximum atomic E-state index is 10.8. The zero-order valence-corrected chi connectivity index (χ0v) is 16.2. The van der Waals surface area contributed by atoms with Crippen LogP contribution in [-0.4, -0.2) is 38.8 Å². The van der Waals surface area contributed by atoms with Crippen LogP contribution >= 0.6 is 34.8 Å². The summed E-state index contributed by atoms with van der Waals surface area (Å²) in [6, 6.07) is 5.13. The van der Waals surface area contributed by atoms with Crippen LogP contribution in [-0.2, 0) is 4.74 Å². The van der Waals surface area contributed by atoms with E-state index in [9.17, 15) is 5.11 Å². The first-order chi connectivity index (χ1) is 12.3. The third kappa shape index (κ3) is 2.97. The van der Waals surface area contributed by atoms with E-state index in [4.69, 9.17) is 48.8 Å². The largest absolute Gasteiger partial charge is 0.485 e. The maximum Gasteiger partial charge on any atom is 0.262 e. The highest BCUT2D eigenvalue weighted by molar-refractivity contribution is 6.32. The molecule has 1 aliphatic carbocycles. The quantitative estimate of drug-likeness (QED) is 0.733. The van der Waals surface area contributed by atoms with E-state index in [1.54, 1.807) is 44.2 Å². The van der Waals surface area contributed by atoms with E-state index in [1.807, 2.05) is 0 Å². The van der Waals surface area contributed by atoms with Crippen molar-refractivity contribution in [2.24, 2.45) is 0 Å². The Labute approximate surface area is 165 Å². The number of ether oxygens (including phenoxy) is 2. The first-order valence-electron chi connectivity index (χ1n) is 8.07. The molecular formula is C18H16Cl3NO4. The Morgan fingerprint density at radius 3 is 2.69 bits per heavy atom. The molecule has 4 rings (SSSR count). The maximum absolute atomic E-state index is 10.8. The number of rotatable bonds is 2. The first kappa shape index (κ1) is 18.0. The molecule has 1 aromatic carbocycles. The molecule has 8 heteroatoms. The molecule has 2 aliphatic rings. The second-order valence-corrected chi connectivity index (χ2v) is 8.30. The van der Waals surface area contributed by atoms with E-state index in [1.165, 1.54) is 0 Å². The summed E-state index contributed by atoms with van der Waals surface area (Å²) in [7, 11) is 0. The fraction of sp³-hybridized carbons (Fsp3) is 0.389. The number of aromatic nitrogens is 1. The van der Waals surface area contributed by atoms with Crippen LogP contribution in [0.25, 0.3) is 11.0 Å². The van der Waals surface area contributed by atoms with Gasteiger partial charge in [0.25, 0.3) is 5.88 Å². The zero-order valence-electron chi connectivity index (χ0n) is 13.9. The second kappa shape index (κ2) is 6.34. The van der Waals surface area contributed by atoms with Crippen LogP contribution in [0.2, 0.25) is 5.02 Å². The average Bonchev–Trinajstić information content (AvgIpc) is 2.96. The summed E-state index contributed by atoms with van der Waals surface area (Å²) < 4.78 is 17.3. The van der Waals surface area contributed by atoms with Crippen molar-refractivity contribution in [1.29, 1.82) is 0 Å². The van der Waals surface area contributed by atoms with Gasteiger partial charge >= 0.3 is 0 Å². The van der Waals surface area contributed by atoms with Gasteiger partial charge in [-0.2, -0.15) is 0 Å². The number of halogens is 3. The van der Waals surface area contributed by atoms with Gasteiger partial charge in [-0.1, -0.05) is 17.7 Å². The summed E-state index contributed by atoms with van der Waals surface area (Å²) in [5, 5.41) is 15.1. The Bertz CT molecular complexity index is 920. The van der Waals surface area contributed by atoms with E-state index in [0.29, 0.717) is 27.3 Å². The standard InChI is InChI=1S/C18H16Cl3NO4/c1-18(2)16(23)15(10-6-11(20)12(21)7-13(10)25-18)24-17-9-4-3-8(19)5-14(9)26-22-17/h3-7,11-12,15-16,23H,1-2H3/t11?,12?,15-,16+/m1/s1. The number of aliphatic hydroxyl groups is 1. The minimum Gasteiger partial charge on any atom is -0.485 e. The monoisotopic (exact) mass is 415 g/mol. The molecule has 5 nitrogen and oxygen atoms in total. The Hall–Kier alpha value is -1.40. The normalized spacial score (nSPS) is 30.2. The zero-order chi connectivity index (χ0) is 18.6. The van der Waals surface area contributed by atoms with E-state index >= 15 is 0 Å². The highest BCUT2D eigenvalue weighted by atomic mass is 35.5. The highest BCUT2D eigenvalue weighted by Crippen LogP contribution is 2.41. The third-order valence-corrected chi connectivity index (χ3v) is 5.72. The molecule has 2 aromatic rings. The molecule has 4 atom stereocenters. The van der Waals surface area contributed by atoms with Crippen LogP contribution in [0.5, 0.6) is 5.88 Å². The van der Waals surface area contributed by atoms with Gasteiger partial charge in [-0.25, -0.2) is 0 Å². The molecule has 1 aliphatic heterocycles. The van der Waals surface area contributed by atoms with Crippen molar-refractivity contribution in [2.75, 3.05) is 0 Å². The van der Waals surface area contributed by atoms with Crippen molar-refractivity contribution >= 4 is 45.8 Å². The smallest absolute Gasteiger partial charge is 0.262 e. The van der Waals surface area contributed by atoms with Crippen LogP contribution in [0, 0.1) is 0 Å². The minimum absolute atomic E-state index is 0.262. The van der Waals surface area contributed by atoms with Gasteiger partial charge in [0.1, 0.15) is 17.5 Å². The van der Waals surface area contributed by atoms with Crippen LogP contribution in [0.3, 0.4) is 0 Å². The van der Waals surface area contributed by atoms with Gasteiger partial charge in [-0.15, -0.1) is 23.2 Å². The molecule has 0 amide bonds. The van der Waals surface area contributed by atoms with E-state index in [2.05, 4.69) is 5.16 Å². The molecule has 0 spiro atoms. The fourth-order valence-corrected chi connectivity index (χ4v) is 3.66. The van der Waals surface area contributed by atoms with Crippen LogP contribution < -0.4 is 4.74 Å². The van der Waals surface area contributed by atoms with Crippen molar-refractivity contribution in [3.8, 4) is 5.88 Å². The molecule has 2 unspecified atom stereocenters. The van der Waals surface area contributed by atoms with E-state index in [0.717, 1.165) is 0 Å². The van der Waals surface area contributed by atoms with Crippen molar-refractivity contribution < 1.29 is 19.1 Å². The molecule has 1 N–H and O–H groups in total. The number of hydrogen-bond acceptors (Lipinski definition) is 5. The van der Waals surface area contributed by atoms with Gasteiger partial charge in [0.15, 0.2) is 11.7 Å². The van der Waals surface area contributed by atoms with Crippen LogP contribution in [0.4, 0.5) is 0 Å².